The summed E-state index contributed by atoms with van der Waals surface area (Å²) in [5, 5.41) is 11.3. The highest BCUT2D eigenvalue weighted by molar-refractivity contribution is 6.51. The minimum absolute atomic E-state index is 0.0156. The van der Waals surface area contributed by atoms with Crippen LogP contribution >= 0.6 is 0 Å². The lowest BCUT2D eigenvalue weighted by Gasteiger charge is -2.25. The summed E-state index contributed by atoms with van der Waals surface area (Å²) in [6.07, 6.45) is 3.20. The highest BCUT2D eigenvalue weighted by Gasteiger charge is 2.47. The van der Waals surface area contributed by atoms with E-state index >= 15 is 0 Å². The third-order valence-electron chi connectivity index (χ3n) is 5.94. The summed E-state index contributed by atoms with van der Waals surface area (Å²) in [6.45, 7) is 4.17. The number of nitrogens with zero attached hydrogens (tertiary/aromatic N) is 2. The number of rotatable bonds is 6. The summed E-state index contributed by atoms with van der Waals surface area (Å²) < 4.78 is 10.6. The molecule has 1 atom stereocenters. The predicted octanol–water partition coefficient (Wildman–Crippen LogP) is 4.85. The fourth-order valence-corrected chi connectivity index (χ4v) is 4.11. The standard InChI is InChI=1S/C27H26N2O5/c1-16(2)17-7-10-20(11-8-17)29-24(19-6-5-13-28-15-19)23(26(31)27(29)32)25(30)18-9-12-21(33-3)22(14-18)34-4/h5-16,24,30H,1-4H3/b25-23-. The van der Waals surface area contributed by atoms with Gasteiger partial charge in [0.2, 0.25) is 0 Å². The molecule has 1 unspecified atom stereocenters. The zero-order valence-electron chi connectivity index (χ0n) is 19.5. The molecule has 4 rings (SSSR count). The number of methoxy groups -OCH3 is 2. The van der Waals surface area contributed by atoms with E-state index in [2.05, 4.69) is 18.8 Å². The van der Waals surface area contributed by atoms with E-state index < -0.39 is 17.7 Å². The lowest BCUT2D eigenvalue weighted by Crippen LogP contribution is -2.29. The van der Waals surface area contributed by atoms with E-state index in [0.717, 1.165) is 5.56 Å². The maximum Gasteiger partial charge on any atom is 0.300 e. The van der Waals surface area contributed by atoms with E-state index in [9.17, 15) is 14.7 Å². The van der Waals surface area contributed by atoms with E-state index in [1.807, 2.05) is 24.3 Å². The van der Waals surface area contributed by atoms with E-state index in [1.165, 1.54) is 19.1 Å². The Balaban J connectivity index is 1.89. The SMILES string of the molecule is COc1ccc(/C(O)=C2/C(=O)C(=O)N(c3ccc(C(C)C)cc3)C2c2cccnc2)cc1OC. The van der Waals surface area contributed by atoms with E-state index in [4.69, 9.17) is 9.47 Å². The van der Waals surface area contributed by atoms with Crippen LogP contribution in [0.2, 0.25) is 0 Å². The minimum atomic E-state index is -0.841. The molecule has 7 heteroatoms. The van der Waals surface area contributed by atoms with E-state index in [0.29, 0.717) is 34.2 Å². The van der Waals surface area contributed by atoms with Crippen molar-refractivity contribution in [1.29, 1.82) is 0 Å². The van der Waals surface area contributed by atoms with Gasteiger partial charge in [0.25, 0.3) is 11.7 Å². The average molecular weight is 459 g/mol. The maximum absolute atomic E-state index is 13.3. The largest absolute Gasteiger partial charge is 0.507 e. The predicted molar refractivity (Wildman–Crippen MR) is 129 cm³/mol. The van der Waals surface area contributed by atoms with Crippen LogP contribution in [0.15, 0.2) is 72.6 Å². The molecule has 1 N–H and O–H groups in total. The monoisotopic (exact) mass is 458 g/mol. The lowest BCUT2D eigenvalue weighted by molar-refractivity contribution is -0.132. The molecule has 1 amide bonds. The third-order valence-corrected chi connectivity index (χ3v) is 5.94. The number of hydrogen-bond donors (Lipinski definition) is 1. The van der Waals surface area contributed by atoms with Gasteiger partial charge in [0.05, 0.1) is 25.8 Å². The quantitative estimate of drug-likeness (QED) is 0.323. The van der Waals surface area contributed by atoms with Gasteiger partial charge >= 0.3 is 0 Å². The molecule has 174 valence electrons. The number of aromatic nitrogens is 1. The first-order valence-electron chi connectivity index (χ1n) is 10.9. The van der Waals surface area contributed by atoms with Gasteiger partial charge in [-0.1, -0.05) is 32.0 Å². The Kier molecular flexibility index (Phi) is 6.36. The Bertz CT molecular complexity index is 1250. The average Bonchev–Trinajstić information content (AvgIpc) is 3.13. The molecule has 3 aromatic rings. The number of aliphatic hydroxyl groups excluding tert-OH is 1. The van der Waals surface area contributed by atoms with Crippen molar-refractivity contribution < 1.29 is 24.2 Å². The van der Waals surface area contributed by atoms with Crippen molar-refractivity contribution in [2.45, 2.75) is 25.8 Å². The summed E-state index contributed by atoms with van der Waals surface area (Å²) in [7, 11) is 2.99. The number of carbonyl (C=O) groups excluding carboxylic acids is 2. The molecular weight excluding hydrogens is 432 g/mol. The summed E-state index contributed by atoms with van der Waals surface area (Å²) in [6, 6.07) is 15.0. The Morgan fingerprint density at radius 2 is 1.71 bits per heavy atom. The first-order chi connectivity index (χ1) is 16.4. The maximum atomic E-state index is 13.3. The number of Topliss-reactive ketones (excluding diaryl/α,β-unsaturated/α-hetero) is 1. The molecule has 2 aromatic carbocycles. The molecule has 0 radical (unpaired) electrons. The van der Waals surface area contributed by atoms with E-state index in [1.54, 1.807) is 42.7 Å². The molecule has 1 fully saturated rings. The Labute approximate surface area is 198 Å². The van der Waals surface area contributed by atoms with Crippen LogP contribution in [0.5, 0.6) is 11.5 Å². The number of amides is 1. The van der Waals surface area contributed by atoms with Gasteiger partial charge in [-0.15, -0.1) is 0 Å². The van der Waals surface area contributed by atoms with Crippen molar-refractivity contribution in [2.24, 2.45) is 0 Å². The van der Waals surface area contributed by atoms with Gasteiger partial charge < -0.3 is 14.6 Å². The second-order valence-electron chi connectivity index (χ2n) is 8.27. The molecule has 0 spiro atoms. The summed E-state index contributed by atoms with van der Waals surface area (Å²) in [4.78, 5) is 32.1. The molecule has 0 aliphatic carbocycles. The summed E-state index contributed by atoms with van der Waals surface area (Å²) >= 11 is 0. The smallest absolute Gasteiger partial charge is 0.300 e. The topological polar surface area (TPSA) is 89.0 Å². The first kappa shape index (κ1) is 23.0. The fourth-order valence-electron chi connectivity index (χ4n) is 4.11. The van der Waals surface area contributed by atoms with Crippen LogP contribution in [-0.2, 0) is 9.59 Å². The van der Waals surface area contributed by atoms with Crippen LogP contribution < -0.4 is 14.4 Å². The number of hydrogen-bond acceptors (Lipinski definition) is 6. The number of benzene rings is 2. The Hall–Kier alpha value is -4.13. The van der Waals surface area contributed by atoms with Gasteiger partial charge in [-0.2, -0.15) is 0 Å². The van der Waals surface area contributed by atoms with Gasteiger partial charge in [-0.3, -0.25) is 19.5 Å². The molecular formula is C27H26N2O5. The third kappa shape index (κ3) is 4.01. The number of ether oxygens (including phenoxy) is 2. The van der Waals surface area contributed by atoms with Crippen LogP contribution in [0.25, 0.3) is 5.76 Å². The molecule has 1 saturated heterocycles. The van der Waals surface area contributed by atoms with Crippen LogP contribution in [0.1, 0.15) is 42.5 Å². The van der Waals surface area contributed by atoms with Crippen LogP contribution in [0.3, 0.4) is 0 Å². The van der Waals surface area contributed by atoms with Gasteiger partial charge in [0.15, 0.2) is 11.5 Å². The molecule has 2 heterocycles. The zero-order valence-corrected chi connectivity index (χ0v) is 19.5. The van der Waals surface area contributed by atoms with Crippen molar-refractivity contribution in [3.63, 3.8) is 0 Å². The van der Waals surface area contributed by atoms with Crippen molar-refractivity contribution >= 4 is 23.1 Å². The number of carbonyl (C=O) groups is 2. The number of anilines is 1. The molecule has 0 saturated carbocycles. The second-order valence-corrected chi connectivity index (χ2v) is 8.27. The summed E-state index contributed by atoms with van der Waals surface area (Å²) in [5.41, 5.74) is 2.60. The van der Waals surface area contributed by atoms with Crippen molar-refractivity contribution in [1.82, 2.24) is 4.98 Å². The highest BCUT2D eigenvalue weighted by atomic mass is 16.5. The number of aliphatic hydroxyl groups is 1. The van der Waals surface area contributed by atoms with Gasteiger partial charge in [0, 0.05) is 23.6 Å². The van der Waals surface area contributed by atoms with Crippen molar-refractivity contribution in [2.75, 3.05) is 19.1 Å². The highest BCUT2D eigenvalue weighted by Crippen LogP contribution is 2.43. The van der Waals surface area contributed by atoms with Crippen LogP contribution in [-0.4, -0.2) is 36.0 Å². The van der Waals surface area contributed by atoms with Crippen LogP contribution in [0, 0.1) is 0 Å². The molecule has 7 nitrogen and oxygen atoms in total. The minimum Gasteiger partial charge on any atom is -0.507 e. The molecule has 1 aliphatic rings. The second kappa shape index (κ2) is 9.39. The van der Waals surface area contributed by atoms with Gasteiger partial charge in [-0.25, -0.2) is 0 Å². The zero-order chi connectivity index (χ0) is 24.4. The molecule has 1 aromatic heterocycles. The Morgan fingerprint density at radius 1 is 1.00 bits per heavy atom. The van der Waals surface area contributed by atoms with Gasteiger partial charge in [0.1, 0.15) is 5.76 Å². The van der Waals surface area contributed by atoms with Crippen molar-refractivity contribution in [3.8, 4) is 11.5 Å². The number of pyridine rings is 1. The molecule has 34 heavy (non-hydrogen) atoms. The lowest BCUT2D eigenvalue weighted by atomic mass is 9.96. The molecule has 0 bridgehead atoms. The van der Waals surface area contributed by atoms with Gasteiger partial charge in [-0.05, 0) is 53.4 Å². The van der Waals surface area contributed by atoms with E-state index in [-0.39, 0.29) is 11.3 Å². The van der Waals surface area contributed by atoms with Crippen LogP contribution in [0.4, 0.5) is 5.69 Å². The Morgan fingerprint density at radius 3 is 2.29 bits per heavy atom. The number of ketones is 1. The molecule has 1 aliphatic heterocycles. The summed E-state index contributed by atoms with van der Waals surface area (Å²) in [5.74, 6) is -0.586. The first-order valence-corrected chi connectivity index (χ1v) is 10.9. The fraction of sp³-hybridized carbons (Fsp3) is 0.222. The normalized spacial score (nSPS) is 17.3. The van der Waals surface area contributed by atoms with Crippen molar-refractivity contribution in [3.05, 3.63) is 89.3 Å².